The number of Topliss-reactive ketones (excluding diaryl/α,β-unsaturated/α-hetero) is 1. The highest BCUT2D eigenvalue weighted by Gasteiger charge is 2.29. The summed E-state index contributed by atoms with van der Waals surface area (Å²) in [4.78, 5) is 44.9. The number of sulfone groups is 1. The van der Waals surface area contributed by atoms with Crippen LogP contribution in [0.2, 0.25) is 0 Å². The lowest BCUT2D eigenvalue weighted by molar-refractivity contribution is -0.115. The molecule has 0 unspecified atom stereocenters. The number of esters is 1. The zero-order chi connectivity index (χ0) is 37.2. The number of rotatable bonds is 11. The minimum absolute atomic E-state index is 0. The summed E-state index contributed by atoms with van der Waals surface area (Å²) in [5.74, 6) is -1.34. The molecule has 1 N–H and O–H groups in total. The Morgan fingerprint density at radius 2 is 1.54 bits per heavy atom. The first-order valence-corrected chi connectivity index (χ1v) is 20.0. The minimum Gasteiger partial charge on any atom is -0.465 e. The van der Waals surface area contributed by atoms with Gasteiger partial charge in [0, 0.05) is 19.6 Å². The molecule has 0 spiro atoms. The molecule has 1 saturated heterocycles. The highest BCUT2D eigenvalue weighted by molar-refractivity contribution is 7.91. The average molecular weight is 745 g/mol. The van der Waals surface area contributed by atoms with Gasteiger partial charge < -0.3 is 10.1 Å². The summed E-state index contributed by atoms with van der Waals surface area (Å²) in [5.41, 5.74) is 3.04. The molecule has 272 valence electrons. The third-order valence-corrected chi connectivity index (χ3v) is 12.6. The first-order valence-electron chi connectivity index (χ1n) is 16.6. The van der Waals surface area contributed by atoms with Crippen molar-refractivity contribution < 1.29 is 37.4 Å². The number of hydrogen-bond donors (Lipinski definition) is 1. The van der Waals surface area contributed by atoms with Gasteiger partial charge in [0.2, 0.25) is 5.91 Å². The number of nitrogens with one attached hydrogen (secondary N) is 1. The van der Waals surface area contributed by atoms with E-state index in [1.807, 2.05) is 24.3 Å². The van der Waals surface area contributed by atoms with Crippen LogP contribution in [0.3, 0.4) is 0 Å². The molecule has 52 heavy (non-hydrogen) atoms. The molecule has 0 bridgehead atoms. The van der Waals surface area contributed by atoms with E-state index in [0.29, 0.717) is 49.2 Å². The van der Waals surface area contributed by atoms with Crippen LogP contribution in [-0.2, 0) is 42.4 Å². The number of anilines is 1. The summed E-state index contributed by atoms with van der Waals surface area (Å²) in [7, 11) is -6.01. The van der Waals surface area contributed by atoms with E-state index < -0.39 is 37.5 Å². The van der Waals surface area contributed by atoms with Crippen molar-refractivity contribution >= 4 is 54.2 Å². The van der Waals surface area contributed by atoms with Crippen LogP contribution in [0.5, 0.6) is 0 Å². The van der Waals surface area contributed by atoms with Crippen LogP contribution in [0.1, 0.15) is 53.0 Å². The van der Waals surface area contributed by atoms with E-state index >= 15 is 0 Å². The maximum Gasteiger partial charge on any atom is 0.337 e. The Kier molecular flexibility index (Phi) is 10.4. The number of piperidine rings is 1. The van der Waals surface area contributed by atoms with E-state index in [-0.39, 0.29) is 46.0 Å². The van der Waals surface area contributed by atoms with E-state index in [2.05, 4.69) is 15.2 Å². The second-order valence-corrected chi connectivity index (χ2v) is 17.0. The van der Waals surface area contributed by atoms with Crippen molar-refractivity contribution in [1.29, 1.82) is 0 Å². The molecule has 1 fully saturated rings. The number of pyridine rings is 1. The van der Waals surface area contributed by atoms with Crippen molar-refractivity contribution in [3.63, 3.8) is 0 Å². The average Bonchev–Trinajstić information content (AvgIpc) is 3.52. The van der Waals surface area contributed by atoms with Crippen LogP contribution < -0.4 is 5.32 Å². The Labute approximate surface area is 303 Å². The smallest absolute Gasteiger partial charge is 0.337 e. The molecule has 3 aromatic carbocycles. The highest BCUT2D eigenvalue weighted by Crippen LogP contribution is 2.36. The number of hydrogen-bond acceptors (Lipinski definition) is 10. The summed E-state index contributed by atoms with van der Waals surface area (Å²) < 4.78 is 58.3. The van der Waals surface area contributed by atoms with Crippen molar-refractivity contribution in [2.75, 3.05) is 31.8 Å². The topological polar surface area (TPSA) is 162 Å². The Hall–Kier alpha value is -5.18. The predicted molar refractivity (Wildman–Crippen MR) is 200 cm³/mol. The molecule has 1 aliphatic rings. The monoisotopic (exact) mass is 744 g/mol. The molecule has 0 atom stereocenters. The fourth-order valence-electron chi connectivity index (χ4n) is 6.53. The molecule has 0 aliphatic carbocycles. The quantitative estimate of drug-likeness (QED) is 0.138. The zero-order valence-electron chi connectivity index (χ0n) is 28.9. The molecule has 3 heterocycles. The van der Waals surface area contributed by atoms with Gasteiger partial charge in [-0.15, -0.1) is 0 Å². The minimum atomic E-state index is -4.22. The van der Waals surface area contributed by atoms with E-state index in [9.17, 15) is 31.2 Å². The summed E-state index contributed by atoms with van der Waals surface area (Å²) >= 11 is 0. The molecular weight excluding hydrogens is 705 g/mol. The molecule has 6 rings (SSSR count). The number of amides is 1. The molecular formula is C38H40N4O8S2. The normalized spacial score (nSPS) is 14.3. The molecule has 1 amide bonds. The first-order chi connectivity index (χ1) is 24.8. The van der Waals surface area contributed by atoms with Gasteiger partial charge in [-0.2, -0.15) is 0 Å². The Balaban J connectivity index is 0.00000541. The van der Waals surface area contributed by atoms with Gasteiger partial charge in [0.15, 0.2) is 11.4 Å². The predicted octanol–water partition coefficient (Wildman–Crippen LogP) is 5.37. The van der Waals surface area contributed by atoms with E-state index in [0.717, 1.165) is 9.54 Å². The van der Waals surface area contributed by atoms with E-state index in [4.69, 9.17) is 4.74 Å². The summed E-state index contributed by atoms with van der Waals surface area (Å²) in [6.45, 7) is 3.26. The Morgan fingerprint density at radius 3 is 2.13 bits per heavy atom. The molecule has 1 aliphatic heterocycles. The van der Waals surface area contributed by atoms with Gasteiger partial charge >= 0.3 is 5.97 Å². The number of benzene rings is 3. The number of likely N-dealkylation sites (tertiary alicyclic amines) is 1. The summed E-state index contributed by atoms with van der Waals surface area (Å²) in [6.07, 6.45) is 3.66. The fraction of sp³-hybridized carbons (Fsp3) is 0.263. The Morgan fingerprint density at radius 1 is 0.904 bits per heavy atom. The van der Waals surface area contributed by atoms with Gasteiger partial charge in [-0.05, 0) is 79.9 Å². The maximum atomic E-state index is 14.3. The maximum absolute atomic E-state index is 14.3. The first kappa shape index (κ1) is 36.6. The SMILES string of the molecule is COC(=O)c1ccc(CC(=O)Nc2cnc3c(cc(-c4ccc(CN5CCC(S(C)(=O)=O)CC5)cc4)n3S(=O)(=O)c3ccccc3)c2C(C)=O)cc1.[HH]. The van der Waals surface area contributed by atoms with Crippen LogP contribution in [-0.4, -0.2) is 80.1 Å². The number of aromatic nitrogens is 2. The molecule has 5 aromatic rings. The number of carbonyl (C=O) groups excluding carboxylic acids is 3. The zero-order valence-corrected chi connectivity index (χ0v) is 30.5. The van der Waals surface area contributed by atoms with Gasteiger partial charge in [-0.1, -0.05) is 54.6 Å². The van der Waals surface area contributed by atoms with Crippen molar-refractivity contribution in [2.45, 2.75) is 42.9 Å². The van der Waals surface area contributed by atoms with Crippen molar-refractivity contribution in [2.24, 2.45) is 0 Å². The fourth-order valence-corrected chi connectivity index (χ4v) is 9.10. The van der Waals surface area contributed by atoms with Crippen LogP contribution in [0, 0.1) is 0 Å². The molecule has 0 saturated carbocycles. The molecule has 0 radical (unpaired) electrons. The van der Waals surface area contributed by atoms with Gasteiger partial charge in [0.25, 0.3) is 10.0 Å². The number of methoxy groups -OCH3 is 1. The second kappa shape index (κ2) is 14.8. The van der Waals surface area contributed by atoms with E-state index in [1.165, 1.54) is 38.6 Å². The highest BCUT2D eigenvalue weighted by atomic mass is 32.2. The summed E-state index contributed by atoms with van der Waals surface area (Å²) in [6, 6.07) is 23.3. The van der Waals surface area contributed by atoms with Gasteiger partial charge in [-0.3, -0.25) is 14.5 Å². The molecule has 2 aromatic heterocycles. The van der Waals surface area contributed by atoms with E-state index in [1.54, 1.807) is 48.5 Å². The van der Waals surface area contributed by atoms with Crippen LogP contribution in [0.4, 0.5) is 5.69 Å². The van der Waals surface area contributed by atoms with Gasteiger partial charge in [0.1, 0.15) is 9.84 Å². The lowest BCUT2D eigenvalue weighted by Crippen LogP contribution is -2.38. The van der Waals surface area contributed by atoms with Crippen molar-refractivity contribution in [1.82, 2.24) is 13.9 Å². The third-order valence-electron chi connectivity index (χ3n) is 9.23. The molecule has 14 heteroatoms. The lowest BCUT2D eigenvalue weighted by atomic mass is 10.0. The van der Waals surface area contributed by atoms with Gasteiger partial charge in [-0.25, -0.2) is 30.6 Å². The third kappa shape index (κ3) is 7.69. The number of fused-ring (bicyclic) bond motifs is 1. The standard InChI is InChI=1S/C38H38N4O8S2.H2/c1-25(43)36-32-22-34(28-13-11-27(12-14-28)24-41-19-17-30(18-20-41)51(3,46)47)42(52(48,49)31-7-5-4-6-8-31)37(32)39-23-33(36)40-35(44)21-26-9-15-29(16-10-26)38(45)50-2;/h4-16,22-23,30H,17-21,24H2,1-3H3,(H,40,44);1H. The van der Waals surface area contributed by atoms with Crippen LogP contribution >= 0.6 is 0 Å². The van der Waals surface area contributed by atoms with Crippen LogP contribution in [0.15, 0.2) is 96.0 Å². The lowest BCUT2D eigenvalue weighted by Gasteiger charge is -2.31. The number of ketones is 1. The summed E-state index contributed by atoms with van der Waals surface area (Å²) in [5, 5.41) is 2.69. The number of ether oxygens (including phenoxy) is 1. The van der Waals surface area contributed by atoms with Crippen molar-refractivity contribution in [3.8, 4) is 11.3 Å². The second-order valence-electron chi connectivity index (χ2n) is 12.9. The number of nitrogens with zero attached hydrogens (tertiary/aromatic N) is 3. The largest absolute Gasteiger partial charge is 0.465 e. The Bertz CT molecular complexity index is 2370. The number of carbonyl (C=O) groups is 3. The van der Waals surface area contributed by atoms with Gasteiger partial charge in [0.05, 0.1) is 52.4 Å². The molecule has 12 nitrogen and oxygen atoms in total. The van der Waals surface area contributed by atoms with Crippen LogP contribution in [0.25, 0.3) is 22.3 Å². The van der Waals surface area contributed by atoms with Crippen molar-refractivity contribution in [3.05, 3.63) is 113 Å².